The fourth-order valence-corrected chi connectivity index (χ4v) is 6.42. The van der Waals surface area contributed by atoms with Crippen LogP contribution in [0.25, 0.3) is 0 Å². The first-order chi connectivity index (χ1) is 19.0. The van der Waals surface area contributed by atoms with Gasteiger partial charge in [0, 0.05) is 11.4 Å². The van der Waals surface area contributed by atoms with Crippen molar-refractivity contribution in [1.82, 2.24) is 0 Å². The van der Waals surface area contributed by atoms with E-state index in [1.165, 1.54) is 43.5 Å². The molecule has 0 radical (unpaired) electrons. The van der Waals surface area contributed by atoms with E-state index in [0.717, 1.165) is 15.4 Å². The van der Waals surface area contributed by atoms with E-state index in [9.17, 15) is 21.6 Å². The molecule has 1 amide bonds. The number of benzene rings is 4. The monoisotopic (exact) mass is 579 g/mol. The number of para-hydroxylation sites is 2. The molecule has 4 aromatic rings. The van der Waals surface area contributed by atoms with Gasteiger partial charge in [-0.2, -0.15) is 0 Å². The second-order valence-corrected chi connectivity index (χ2v) is 12.5. The summed E-state index contributed by atoms with van der Waals surface area (Å²) in [6.45, 7) is 3.28. The molecule has 0 aliphatic carbocycles. The molecule has 0 aliphatic heterocycles. The van der Waals surface area contributed by atoms with Crippen LogP contribution in [0.2, 0.25) is 0 Å². The Hall–Kier alpha value is -4.35. The first kappa shape index (κ1) is 28.7. The van der Waals surface area contributed by atoms with Crippen molar-refractivity contribution in [2.45, 2.75) is 23.6 Å². The number of sulfonamides is 2. The Labute approximate surface area is 234 Å². The Morgan fingerprint density at radius 1 is 0.750 bits per heavy atom. The minimum atomic E-state index is -4.13. The average Bonchev–Trinajstić information content (AvgIpc) is 2.94. The molecule has 0 bridgehead atoms. The number of nitrogens with zero attached hydrogens (tertiary/aromatic N) is 1. The third-order valence-electron chi connectivity index (χ3n) is 6.18. The zero-order valence-corrected chi connectivity index (χ0v) is 23.8. The smallest absolute Gasteiger partial charge is 0.264 e. The SMILES string of the molecule is COc1ccccc1N(CC(=O)Nc1ccc(S(=O)(=O)Nc2ccc(C)c(C)c2)cc1)S(=O)(=O)c1ccccc1. The van der Waals surface area contributed by atoms with Crippen LogP contribution in [-0.2, 0) is 24.8 Å². The second-order valence-electron chi connectivity index (χ2n) is 8.97. The lowest BCUT2D eigenvalue weighted by Gasteiger charge is -2.25. The van der Waals surface area contributed by atoms with Gasteiger partial charge in [-0.1, -0.05) is 36.4 Å². The molecular formula is C29H29N3O6S2. The maximum absolute atomic E-state index is 13.6. The van der Waals surface area contributed by atoms with Gasteiger partial charge in [-0.25, -0.2) is 16.8 Å². The van der Waals surface area contributed by atoms with Crippen LogP contribution in [-0.4, -0.2) is 36.4 Å². The number of nitrogens with one attached hydrogen (secondary N) is 2. The lowest BCUT2D eigenvalue weighted by atomic mass is 10.1. The number of amides is 1. The molecule has 11 heteroatoms. The van der Waals surface area contributed by atoms with Crippen molar-refractivity contribution in [2.24, 2.45) is 0 Å². The highest BCUT2D eigenvalue weighted by Crippen LogP contribution is 2.32. The highest BCUT2D eigenvalue weighted by atomic mass is 32.2. The molecule has 0 heterocycles. The van der Waals surface area contributed by atoms with Crippen molar-refractivity contribution >= 4 is 43.0 Å². The molecule has 0 fully saturated rings. The van der Waals surface area contributed by atoms with Crippen LogP contribution in [0.4, 0.5) is 17.1 Å². The van der Waals surface area contributed by atoms with Gasteiger partial charge in [-0.05, 0) is 85.6 Å². The normalized spacial score (nSPS) is 11.5. The molecule has 0 unspecified atom stereocenters. The van der Waals surface area contributed by atoms with Gasteiger partial charge in [-0.15, -0.1) is 0 Å². The van der Waals surface area contributed by atoms with Crippen LogP contribution >= 0.6 is 0 Å². The van der Waals surface area contributed by atoms with Crippen LogP contribution < -0.4 is 19.1 Å². The zero-order valence-electron chi connectivity index (χ0n) is 22.2. The van der Waals surface area contributed by atoms with E-state index >= 15 is 0 Å². The highest BCUT2D eigenvalue weighted by molar-refractivity contribution is 7.93. The molecule has 208 valence electrons. The fourth-order valence-electron chi connectivity index (χ4n) is 3.92. The third kappa shape index (κ3) is 6.44. The standard InChI is InChI=1S/C29H29N3O6S2/c1-21-13-14-24(19-22(21)2)31-39(34,35)25-17-15-23(16-18-25)30-29(33)20-32(27-11-7-8-12-28(27)38-3)40(36,37)26-9-5-4-6-10-26/h4-19,31H,20H2,1-3H3,(H,30,33). The van der Waals surface area contributed by atoms with E-state index in [2.05, 4.69) is 10.0 Å². The number of carbonyl (C=O) groups excluding carboxylic acids is 1. The van der Waals surface area contributed by atoms with Crippen LogP contribution in [0, 0.1) is 13.8 Å². The summed E-state index contributed by atoms with van der Waals surface area (Å²) in [5.41, 5.74) is 2.94. The van der Waals surface area contributed by atoms with E-state index in [4.69, 9.17) is 4.74 Å². The third-order valence-corrected chi connectivity index (χ3v) is 9.35. The number of hydrogen-bond donors (Lipinski definition) is 2. The maximum Gasteiger partial charge on any atom is 0.264 e. The predicted octanol–water partition coefficient (Wildman–Crippen LogP) is 4.95. The Morgan fingerprint density at radius 2 is 1.38 bits per heavy atom. The Kier molecular flexibility index (Phi) is 8.46. The molecule has 4 aromatic carbocycles. The van der Waals surface area contributed by atoms with Crippen LogP contribution in [0.15, 0.2) is 107 Å². The summed E-state index contributed by atoms with van der Waals surface area (Å²) < 4.78 is 61.7. The zero-order chi connectivity index (χ0) is 28.9. The largest absolute Gasteiger partial charge is 0.495 e. The molecule has 0 atom stereocenters. The van der Waals surface area contributed by atoms with Crippen LogP contribution in [0.5, 0.6) is 5.75 Å². The summed E-state index contributed by atoms with van der Waals surface area (Å²) >= 11 is 0. The molecule has 40 heavy (non-hydrogen) atoms. The highest BCUT2D eigenvalue weighted by Gasteiger charge is 2.29. The Morgan fingerprint density at radius 3 is 2.02 bits per heavy atom. The van der Waals surface area contributed by atoms with E-state index in [0.29, 0.717) is 11.4 Å². The van der Waals surface area contributed by atoms with E-state index < -0.39 is 32.5 Å². The quantitative estimate of drug-likeness (QED) is 0.274. The number of aryl methyl sites for hydroxylation is 2. The van der Waals surface area contributed by atoms with Gasteiger partial charge in [0.25, 0.3) is 20.0 Å². The van der Waals surface area contributed by atoms with E-state index in [1.807, 2.05) is 19.9 Å². The van der Waals surface area contributed by atoms with Gasteiger partial charge in [0.15, 0.2) is 0 Å². The van der Waals surface area contributed by atoms with Gasteiger partial charge in [0.05, 0.1) is 22.6 Å². The van der Waals surface area contributed by atoms with E-state index in [1.54, 1.807) is 54.6 Å². The van der Waals surface area contributed by atoms with Gasteiger partial charge >= 0.3 is 0 Å². The molecule has 0 spiro atoms. The number of hydrogen-bond acceptors (Lipinski definition) is 6. The number of carbonyl (C=O) groups is 1. The minimum absolute atomic E-state index is 0.00558. The number of methoxy groups -OCH3 is 1. The van der Waals surface area contributed by atoms with Crippen LogP contribution in [0.3, 0.4) is 0 Å². The molecule has 0 saturated carbocycles. The van der Waals surface area contributed by atoms with Crippen molar-refractivity contribution in [1.29, 1.82) is 0 Å². The minimum Gasteiger partial charge on any atom is -0.495 e. The molecule has 0 aliphatic rings. The molecule has 0 saturated heterocycles. The van der Waals surface area contributed by atoms with Gasteiger partial charge in [0.2, 0.25) is 5.91 Å². The van der Waals surface area contributed by atoms with Crippen molar-refractivity contribution in [3.8, 4) is 5.75 Å². The lowest BCUT2D eigenvalue weighted by Crippen LogP contribution is -2.38. The summed E-state index contributed by atoms with van der Waals surface area (Å²) in [6, 6.07) is 25.1. The van der Waals surface area contributed by atoms with Crippen molar-refractivity contribution in [2.75, 3.05) is 28.0 Å². The van der Waals surface area contributed by atoms with Crippen molar-refractivity contribution < 1.29 is 26.4 Å². The first-order valence-electron chi connectivity index (χ1n) is 12.2. The number of anilines is 3. The summed E-state index contributed by atoms with van der Waals surface area (Å²) in [4.78, 5) is 13.1. The summed E-state index contributed by atoms with van der Waals surface area (Å²) in [7, 11) is -6.58. The van der Waals surface area contributed by atoms with Gasteiger partial charge < -0.3 is 10.1 Å². The maximum atomic E-state index is 13.6. The predicted molar refractivity (Wildman–Crippen MR) is 156 cm³/mol. The molecule has 9 nitrogen and oxygen atoms in total. The van der Waals surface area contributed by atoms with Crippen LogP contribution in [0.1, 0.15) is 11.1 Å². The van der Waals surface area contributed by atoms with Crippen molar-refractivity contribution in [3.05, 3.63) is 108 Å². The molecule has 2 N–H and O–H groups in total. The first-order valence-corrected chi connectivity index (χ1v) is 15.1. The molecule has 4 rings (SSSR count). The Bertz CT molecular complexity index is 1720. The molecular weight excluding hydrogens is 550 g/mol. The summed E-state index contributed by atoms with van der Waals surface area (Å²) in [6.07, 6.45) is 0. The van der Waals surface area contributed by atoms with Gasteiger partial charge in [-0.3, -0.25) is 13.8 Å². The fraction of sp³-hybridized carbons (Fsp3) is 0.138. The average molecular weight is 580 g/mol. The summed E-state index contributed by atoms with van der Waals surface area (Å²) in [5.74, 6) is -0.352. The molecule has 0 aromatic heterocycles. The lowest BCUT2D eigenvalue weighted by molar-refractivity contribution is -0.114. The Balaban J connectivity index is 1.54. The van der Waals surface area contributed by atoms with Gasteiger partial charge in [0.1, 0.15) is 12.3 Å². The van der Waals surface area contributed by atoms with Crippen molar-refractivity contribution in [3.63, 3.8) is 0 Å². The summed E-state index contributed by atoms with van der Waals surface area (Å²) in [5, 5.41) is 2.64. The van der Waals surface area contributed by atoms with E-state index in [-0.39, 0.29) is 21.2 Å². The second kappa shape index (κ2) is 11.8. The number of ether oxygens (including phenoxy) is 1. The number of rotatable bonds is 10. The topological polar surface area (TPSA) is 122 Å².